The van der Waals surface area contributed by atoms with Gasteiger partial charge < -0.3 is 5.32 Å². The average Bonchev–Trinajstić information content (AvgIpc) is 3.08. The summed E-state index contributed by atoms with van der Waals surface area (Å²) in [6.07, 6.45) is 3.04. The van der Waals surface area contributed by atoms with Gasteiger partial charge in [-0.3, -0.25) is 4.79 Å². The first kappa shape index (κ1) is 13.0. The lowest BCUT2D eigenvalue weighted by molar-refractivity contribution is -0.122. The van der Waals surface area contributed by atoms with Crippen LogP contribution in [0.1, 0.15) is 19.3 Å². The monoisotopic (exact) mass is 277 g/mol. The molecular weight excluding hydrogens is 258 g/mol. The smallest absolute Gasteiger partial charge is 0.220 e. The van der Waals surface area contributed by atoms with Crippen molar-refractivity contribution in [1.82, 2.24) is 5.32 Å². The van der Waals surface area contributed by atoms with Crippen molar-refractivity contribution in [1.29, 1.82) is 0 Å². The van der Waals surface area contributed by atoms with E-state index in [2.05, 4.69) is 17.9 Å². The normalized spacial score (nSPS) is 27.4. The lowest BCUT2D eigenvalue weighted by atomic mass is 10.1. The molecule has 1 aliphatic heterocycles. The first-order chi connectivity index (χ1) is 7.74. The van der Waals surface area contributed by atoms with Gasteiger partial charge in [0.1, 0.15) is 0 Å². The highest BCUT2D eigenvalue weighted by Crippen LogP contribution is 2.49. The highest BCUT2D eigenvalue weighted by atomic mass is 32.2. The molecule has 0 aromatic carbocycles. The number of hydrogen-bond donors (Lipinski definition) is 2. The van der Waals surface area contributed by atoms with Gasteiger partial charge in [0.05, 0.1) is 0 Å². The minimum absolute atomic E-state index is 0.225. The number of thioether (sulfide) groups is 2. The second-order valence-electron chi connectivity index (χ2n) is 4.71. The molecule has 1 N–H and O–H groups in total. The average molecular weight is 277 g/mol. The van der Waals surface area contributed by atoms with Crippen molar-refractivity contribution in [2.45, 2.75) is 24.5 Å². The largest absolute Gasteiger partial charge is 0.355 e. The quantitative estimate of drug-likeness (QED) is 0.754. The van der Waals surface area contributed by atoms with Crippen LogP contribution in [0.4, 0.5) is 0 Å². The second-order valence-corrected chi connectivity index (χ2v) is 7.58. The van der Waals surface area contributed by atoms with Crippen molar-refractivity contribution in [2.75, 3.05) is 29.6 Å². The third-order valence-electron chi connectivity index (χ3n) is 3.24. The van der Waals surface area contributed by atoms with Crippen LogP contribution >= 0.6 is 36.2 Å². The number of nitrogens with one attached hydrogen (secondary N) is 1. The van der Waals surface area contributed by atoms with Gasteiger partial charge in [0.2, 0.25) is 5.91 Å². The molecule has 1 saturated heterocycles. The molecule has 1 saturated carbocycles. The van der Waals surface area contributed by atoms with Crippen LogP contribution < -0.4 is 5.32 Å². The van der Waals surface area contributed by atoms with E-state index in [-0.39, 0.29) is 11.3 Å². The molecule has 2 nitrogen and oxygen atoms in total. The van der Waals surface area contributed by atoms with Crippen LogP contribution in [0.2, 0.25) is 0 Å². The van der Waals surface area contributed by atoms with E-state index in [4.69, 9.17) is 0 Å². The Labute approximate surface area is 111 Å². The SMILES string of the molecule is O=C(CC1(CS)CC1)NCC1CSCCS1. The van der Waals surface area contributed by atoms with Crippen molar-refractivity contribution >= 4 is 42.1 Å². The molecule has 0 aromatic rings. The summed E-state index contributed by atoms with van der Waals surface area (Å²) in [5.74, 6) is 4.75. The van der Waals surface area contributed by atoms with Gasteiger partial charge in [-0.05, 0) is 24.0 Å². The van der Waals surface area contributed by atoms with Gasteiger partial charge in [-0.25, -0.2) is 0 Å². The minimum atomic E-state index is 0.225. The highest BCUT2D eigenvalue weighted by molar-refractivity contribution is 8.06. The predicted octanol–water partition coefficient (Wildman–Crippen LogP) is 2.05. The molecule has 0 bridgehead atoms. The molecule has 1 amide bonds. The molecule has 16 heavy (non-hydrogen) atoms. The summed E-state index contributed by atoms with van der Waals surface area (Å²) < 4.78 is 0. The van der Waals surface area contributed by atoms with E-state index >= 15 is 0 Å². The van der Waals surface area contributed by atoms with Crippen molar-refractivity contribution in [3.8, 4) is 0 Å². The summed E-state index contributed by atoms with van der Waals surface area (Å²) in [6.45, 7) is 0.846. The fourth-order valence-electron chi connectivity index (χ4n) is 1.85. The van der Waals surface area contributed by atoms with Crippen LogP contribution in [0.5, 0.6) is 0 Å². The van der Waals surface area contributed by atoms with E-state index in [9.17, 15) is 4.79 Å². The Balaban J connectivity index is 1.63. The molecule has 1 atom stereocenters. The van der Waals surface area contributed by atoms with Gasteiger partial charge in [-0.2, -0.15) is 36.2 Å². The number of amides is 1. The zero-order valence-electron chi connectivity index (χ0n) is 9.41. The highest BCUT2D eigenvalue weighted by Gasteiger charge is 2.42. The van der Waals surface area contributed by atoms with E-state index in [1.165, 1.54) is 30.1 Å². The van der Waals surface area contributed by atoms with Crippen LogP contribution in [0.25, 0.3) is 0 Å². The Bertz CT molecular complexity index is 250. The molecule has 5 heteroatoms. The van der Waals surface area contributed by atoms with Crippen molar-refractivity contribution in [3.63, 3.8) is 0 Å². The zero-order chi connectivity index (χ0) is 11.4. The van der Waals surface area contributed by atoms with Gasteiger partial charge in [-0.1, -0.05) is 0 Å². The zero-order valence-corrected chi connectivity index (χ0v) is 11.9. The summed E-state index contributed by atoms with van der Waals surface area (Å²) >= 11 is 8.31. The third kappa shape index (κ3) is 3.77. The number of rotatable bonds is 5. The lowest BCUT2D eigenvalue weighted by Crippen LogP contribution is -2.34. The summed E-state index contributed by atoms with van der Waals surface area (Å²) in [5.41, 5.74) is 0.252. The van der Waals surface area contributed by atoms with E-state index in [0.717, 1.165) is 12.3 Å². The van der Waals surface area contributed by atoms with Crippen LogP contribution in [0.3, 0.4) is 0 Å². The Morgan fingerprint density at radius 2 is 2.25 bits per heavy atom. The molecule has 92 valence electrons. The third-order valence-corrected chi connectivity index (χ3v) is 6.76. The van der Waals surface area contributed by atoms with Gasteiger partial charge in [0, 0.05) is 35.5 Å². The van der Waals surface area contributed by atoms with E-state index < -0.39 is 0 Å². The fourth-order valence-corrected chi connectivity index (χ4v) is 4.89. The molecule has 1 unspecified atom stereocenters. The molecule has 0 spiro atoms. The maximum absolute atomic E-state index is 11.7. The summed E-state index contributed by atoms with van der Waals surface area (Å²) in [7, 11) is 0. The van der Waals surface area contributed by atoms with Crippen molar-refractivity contribution < 1.29 is 4.79 Å². The van der Waals surface area contributed by atoms with Crippen LogP contribution in [0, 0.1) is 5.41 Å². The number of thiol groups is 1. The number of carbonyl (C=O) groups excluding carboxylic acids is 1. The van der Waals surface area contributed by atoms with Gasteiger partial charge in [0.15, 0.2) is 0 Å². The molecule has 0 radical (unpaired) electrons. The minimum Gasteiger partial charge on any atom is -0.355 e. The Hall–Kier alpha value is 0.520. The lowest BCUT2D eigenvalue weighted by Gasteiger charge is -2.21. The van der Waals surface area contributed by atoms with Crippen LogP contribution in [-0.4, -0.2) is 40.7 Å². The van der Waals surface area contributed by atoms with Crippen LogP contribution in [0.15, 0.2) is 0 Å². The van der Waals surface area contributed by atoms with Gasteiger partial charge in [0.25, 0.3) is 0 Å². The standard InChI is InChI=1S/C11H19NOS3/c13-10(5-11(8-14)1-2-11)12-6-9-7-15-3-4-16-9/h9,14H,1-8H2,(H,12,13). The fraction of sp³-hybridized carbons (Fsp3) is 0.909. The number of hydrogen-bond acceptors (Lipinski definition) is 4. The van der Waals surface area contributed by atoms with E-state index in [0.29, 0.717) is 11.7 Å². The second kappa shape index (κ2) is 5.91. The molecule has 1 aliphatic carbocycles. The predicted molar refractivity (Wildman–Crippen MR) is 76.7 cm³/mol. The first-order valence-corrected chi connectivity index (χ1v) is 8.65. The molecule has 2 aliphatic rings. The Morgan fingerprint density at radius 1 is 1.44 bits per heavy atom. The Kier molecular flexibility index (Phi) is 4.79. The molecule has 2 rings (SSSR count). The van der Waals surface area contributed by atoms with Crippen LogP contribution in [-0.2, 0) is 4.79 Å². The maximum Gasteiger partial charge on any atom is 0.220 e. The molecule has 2 fully saturated rings. The maximum atomic E-state index is 11.7. The van der Waals surface area contributed by atoms with Crippen molar-refractivity contribution in [3.05, 3.63) is 0 Å². The summed E-state index contributed by atoms with van der Waals surface area (Å²) in [6, 6.07) is 0. The first-order valence-electron chi connectivity index (χ1n) is 5.81. The molecule has 1 heterocycles. The van der Waals surface area contributed by atoms with E-state index in [1.54, 1.807) is 0 Å². The molecular formula is C11H19NOS3. The van der Waals surface area contributed by atoms with Gasteiger partial charge >= 0.3 is 0 Å². The summed E-state index contributed by atoms with van der Waals surface area (Å²) in [4.78, 5) is 11.7. The summed E-state index contributed by atoms with van der Waals surface area (Å²) in [5, 5.41) is 3.70. The van der Waals surface area contributed by atoms with Gasteiger partial charge in [-0.15, -0.1) is 0 Å². The number of carbonyl (C=O) groups is 1. The van der Waals surface area contributed by atoms with E-state index in [1.807, 2.05) is 23.5 Å². The van der Waals surface area contributed by atoms with Crippen molar-refractivity contribution in [2.24, 2.45) is 5.41 Å². The Morgan fingerprint density at radius 3 is 2.81 bits per heavy atom. The molecule has 0 aromatic heterocycles. The topological polar surface area (TPSA) is 29.1 Å².